The van der Waals surface area contributed by atoms with Crippen molar-refractivity contribution >= 4 is 11.3 Å². The summed E-state index contributed by atoms with van der Waals surface area (Å²) in [5.74, 6) is 0. The number of piperidine rings is 1. The Labute approximate surface area is 121 Å². The van der Waals surface area contributed by atoms with Crippen LogP contribution in [-0.2, 0) is 0 Å². The molecular formula is C15H27N3S. The lowest BCUT2D eigenvalue weighted by Gasteiger charge is -2.38. The molecule has 0 aliphatic carbocycles. The van der Waals surface area contributed by atoms with Gasteiger partial charge in [0.15, 0.2) is 0 Å². The largest absolute Gasteiger partial charge is 0.315 e. The highest BCUT2D eigenvalue weighted by atomic mass is 32.1. The molecule has 0 spiro atoms. The fourth-order valence-corrected chi connectivity index (χ4v) is 4.06. The van der Waals surface area contributed by atoms with E-state index < -0.39 is 0 Å². The van der Waals surface area contributed by atoms with Crippen LogP contribution in [0.2, 0.25) is 0 Å². The normalized spacial score (nSPS) is 21.8. The van der Waals surface area contributed by atoms with Crippen LogP contribution in [0.3, 0.4) is 0 Å². The van der Waals surface area contributed by atoms with Crippen LogP contribution in [-0.4, -0.2) is 35.6 Å². The third-order valence-corrected chi connectivity index (χ3v) is 4.96. The monoisotopic (exact) mass is 281 g/mol. The van der Waals surface area contributed by atoms with E-state index in [9.17, 15) is 0 Å². The lowest BCUT2D eigenvalue weighted by atomic mass is 10.0. The van der Waals surface area contributed by atoms with Crippen molar-refractivity contribution in [2.75, 3.05) is 19.6 Å². The fourth-order valence-electron chi connectivity index (χ4n) is 3.16. The van der Waals surface area contributed by atoms with Crippen molar-refractivity contribution in [3.63, 3.8) is 0 Å². The lowest BCUT2D eigenvalue weighted by molar-refractivity contribution is 0.118. The van der Waals surface area contributed by atoms with Crippen molar-refractivity contribution in [3.8, 4) is 0 Å². The molecule has 1 aliphatic heterocycles. The van der Waals surface area contributed by atoms with Gasteiger partial charge in [0.2, 0.25) is 0 Å². The first-order valence-corrected chi connectivity index (χ1v) is 8.35. The second kappa shape index (κ2) is 6.82. The third kappa shape index (κ3) is 3.56. The minimum Gasteiger partial charge on any atom is -0.315 e. The Morgan fingerprint density at radius 2 is 2.26 bits per heavy atom. The molecule has 1 aliphatic rings. The molecular weight excluding hydrogens is 254 g/mol. The van der Waals surface area contributed by atoms with E-state index in [1.807, 2.05) is 11.3 Å². The Balaban J connectivity index is 2.15. The van der Waals surface area contributed by atoms with Crippen molar-refractivity contribution in [2.24, 2.45) is 0 Å². The average Bonchev–Trinajstić information content (AvgIpc) is 2.75. The molecule has 1 N–H and O–H groups in total. The predicted octanol–water partition coefficient (Wildman–Crippen LogP) is 3.28. The Hall–Kier alpha value is -0.450. The third-order valence-electron chi connectivity index (χ3n) is 4.05. The SMILES string of the molecule is CCCN(C1CCCNC1)C(C)c1nc(C)sc1C. The highest BCUT2D eigenvalue weighted by Crippen LogP contribution is 2.29. The molecule has 108 valence electrons. The van der Waals surface area contributed by atoms with Crippen LogP contribution in [0.15, 0.2) is 0 Å². The number of aryl methyl sites for hydroxylation is 2. The summed E-state index contributed by atoms with van der Waals surface area (Å²) in [5.41, 5.74) is 1.29. The maximum absolute atomic E-state index is 4.76. The van der Waals surface area contributed by atoms with Crippen molar-refractivity contribution in [1.29, 1.82) is 0 Å². The first-order chi connectivity index (χ1) is 9.13. The summed E-state index contributed by atoms with van der Waals surface area (Å²) in [6.45, 7) is 12.4. The molecule has 0 aromatic carbocycles. The van der Waals surface area contributed by atoms with Gasteiger partial charge in [-0.05, 0) is 53.1 Å². The first kappa shape index (κ1) is 14.9. The summed E-state index contributed by atoms with van der Waals surface area (Å²) in [5, 5.41) is 4.73. The summed E-state index contributed by atoms with van der Waals surface area (Å²) < 4.78 is 0. The van der Waals surface area contributed by atoms with Crippen LogP contribution in [0.25, 0.3) is 0 Å². The van der Waals surface area contributed by atoms with Gasteiger partial charge in [-0.15, -0.1) is 11.3 Å². The minimum absolute atomic E-state index is 0.440. The van der Waals surface area contributed by atoms with E-state index in [-0.39, 0.29) is 0 Å². The molecule has 0 amide bonds. The number of hydrogen-bond donors (Lipinski definition) is 1. The van der Waals surface area contributed by atoms with Gasteiger partial charge in [-0.3, -0.25) is 4.90 Å². The number of aromatic nitrogens is 1. The maximum atomic E-state index is 4.76. The zero-order chi connectivity index (χ0) is 13.8. The van der Waals surface area contributed by atoms with Crippen LogP contribution in [0.4, 0.5) is 0 Å². The van der Waals surface area contributed by atoms with Gasteiger partial charge in [-0.2, -0.15) is 0 Å². The quantitative estimate of drug-likeness (QED) is 0.897. The summed E-state index contributed by atoms with van der Waals surface area (Å²) in [6.07, 6.45) is 3.83. The van der Waals surface area contributed by atoms with Gasteiger partial charge in [0, 0.05) is 17.5 Å². The van der Waals surface area contributed by atoms with E-state index >= 15 is 0 Å². The molecule has 1 aromatic heterocycles. The molecule has 4 heteroatoms. The Morgan fingerprint density at radius 1 is 1.47 bits per heavy atom. The Kier molecular flexibility index (Phi) is 5.37. The topological polar surface area (TPSA) is 28.2 Å². The van der Waals surface area contributed by atoms with Crippen LogP contribution in [0.5, 0.6) is 0 Å². The number of nitrogens with zero attached hydrogens (tertiary/aromatic N) is 2. The smallest absolute Gasteiger partial charge is 0.0900 e. The highest BCUT2D eigenvalue weighted by Gasteiger charge is 2.27. The molecule has 3 nitrogen and oxygen atoms in total. The van der Waals surface area contributed by atoms with Gasteiger partial charge in [0.1, 0.15) is 0 Å². The van der Waals surface area contributed by atoms with E-state index in [0.29, 0.717) is 12.1 Å². The Bertz CT molecular complexity index is 396. The van der Waals surface area contributed by atoms with Gasteiger partial charge in [-0.1, -0.05) is 6.92 Å². The lowest BCUT2D eigenvalue weighted by Crippen LogP contribution is -2.47. The van der Waals surface area contributed by atoms with Gasteiger partial charge < -0.3 is 5.32 Å². The number of nitrogens with one attached hydrogen (secondary N) is 1. The molecule has 19 heavy (non-hydrogen) atoms. The summed E-state index contributed by atoms with van der Waals surface area (Å²) in [7, 11) is 0. The number of rotatable bonds is 5. The van der Waals surface area contributed by atoms with Crippen molar-refractivity contribution in [1.82, 2.24) is 15.2 Å². The second-order valence-corrected chi connectivity index (χ2v) is 7.00. The zero-order valence-electron chi connectivity index (χ0n) is 12.7. The van der Waals surface area contributed by atoms with E-state index in [1.54, 1.807) is 0 Å². The first-order valence-electron chi connectivity index (χ1n) is 7.53. The summed E-state index contributed by atoms with van der Waals surface area (Å²) in [6, 6.07) is 1.11. The van der Waals surface area contributed by atoms with Gasteiger partial charge in [0.05, 0.1) is 16.7 Å². The zero-order valence-corrected chi connectivity index (χ0v) is 13.5. The molecule has 1 fully saturated rings. The molecule has 2 atom stereocenters. The molecule has 0 radical (unpaired) electrons. The standard InChI is InChI=1S/C15H27N3S/c1-5-9-18(14-7-6-8-16-10-14)11(2)15-12(3)19-13(4)17-15/h11,14,16H,5-10H2,1-4H3. The average molecular weight is 281 g/mol. The molecule has 0 saturated carbocycles. The van der Waals surface area contributed by atoms with Crippen LogP contribution in [0, 0.1) is 13.8 Å². The van der Waals surface area contributed by atoms with Crippen molar-refractivity contribution in [3.05, 3.63) is 15.6 Å². The van der Waals surface area contributed by atoms with E-state index in [4.69, 9.17) is 4.98 Å². The molecule has 2 heterocycles. The molecule has 0 bridgehead atoms. The van der Waals surface area contributed by atoms with Crippen LogP contribution < -0.4 is 5.32 Å². The minimum atomic E-state index is 0.440. The molecule has 2 rings (SSSR count). The van der Waals surface area contributed by atoms with E-state index in [2.05, 4.69) is 37.9 Å². The highest BCUT2D eigenvalue weighted by molar-refractivity contribution is 7.11. The summed E-state index contributed by atoms with van der Waals surface area (Å²) in [4.78, 5) is 8.81. The van der Waals surface area contributed by atoms with Crippen molar-refractivity contribution < 1.29 is 0 Å². The van der Waals surface area contributed by atoms with Crippen LogP contribution >= 0.6 is 11.3 Å². The predicted molar refractivity (Wildman–Crippen MR) is 82.9 cm³/mol. The van der Waals surface area contributed by atoms with E-state index in [1.165, 1.54) is 47.9 Å². The second-order valence-electron chi connectivity index (χ2n) is 5.59. The molecule has 2 unspecified atom stereocenters. The number of thiazole rings is 1. The fraction of sp³-hybridized carbons (Fsp3) is 0.800. The summed E-state index contributed by atoms with van der Waals surface area (Å²) >= 11 is 1.83. The van der Waals surface area contributed by atoms with Gasteiger partial charge >= 0.3 is 0 Å². The molecule has 1 saturated heterocycles. The van der Waals surface area contributed by atoms with Gasteiger partial charge in [-0.25, -0.2) is 4.98 Å². The van der Waals surface area contributed by atoms with Gasteiger partial charge in [0.25, 0.3) is 0 Å². The maximum Gasteiger partial charge on any atom is 0.0900 e. The number of hydrogen-bond acceptors (Lipinski definition) is 4. The Morgan fingerprint density at radius 3 is 2.79 bits per heavy atom. The van der Waals surface area contributed by atoms with Crippen molar-refractivity contribution in [2.45, 2.75) is 59.0 Å². The van der Waals surface area contributed by atoms with E-state index in [0.717, 1.165) is 6.54 Å². The molecule has 1 aromatic rings. The van der Waals surface area contributed by atoms with Crippen LogP contribution in [0.1, 0.15) is 54.7 Å².